The highest BCUT2D eigenvalue weighted by Gasteiger charge is 2.16. The predicted octanol–water partition coefficient (Wildman–Crippen LogP) is 3.26. The Bertz CT molecular complexity index is 1070. The summed E-state index contributed by atoms with van der Waals surface area (Å²) in [6.45, 7) is 1.80. The quantitative estimate of drug-likeness (QED) is 0.600. The van der Waals surface area contributed by atoms with Gasteiger partial charge in [-0.3, -0.25) is 14.2 Å². The molecule has 7 nitrogen and oxygen atoms in total. The van der Waals surface area contributed by atoms with Gasteiger partial charge in [-0.15, -0.1) is 0 Å². The second-order valence-electron chi connectivity index (χ2n) is 5.53. The van der Waals surface area contributed by atoms with E-state index in [1.54, 1.807) is 54.0 Å². The molecule has 25 heavy (non-hydrogen) atoms. The van der Waals surface area contributed by atoms with Gasteiger partial charge in [0.05, 0.1) is 23.8 Å². The number of aryl methyl sites for hydroxylation is 1. The van der Waals surface area contributed by atoms with E-state index in [1.165, 1.54) is 6.26 Å². The second-order valence-corrected chi connectivity index (χ2v) is 5.53. The summed E-state index contributed by atoms with van der Waals surface area (Å²) in [5.74, 6) is 0.565. The zero-order valence-corrected chi connectivity index (χ0v) is 13.3. The van der Waals surface area contributed by atoms with Gasteiger partial charge in [-0.05, 0) is 31.2 Å². The van der Waals surface area contributed by atoms with Crippen LogP contribution in [0.25, 0.3) is 16.9 Å². The van der Waals surface area contributed by atoms with Gasteiger partial charge in [0.2, 0.25) is 0 Å². The number of hydrogen-bond donors (Lipinski definition) is 2. The molecule has 4 aromatic rings. The predicted molar refractivity (Wildman–Crippen MR) is 91.5 cm³/mol. The van der Waals surface area contributed by atoms with Crippen LogP contribution < -0.4 is 5.32 Å². The first-order valence-corrected chi connectivity index (χ1v) is 7.61. The fourth-order valence-corrected chi connectivity index (χ4v) is 2.61. The number of phenols is 1. The standard InChI is InChI=1S/C18H14N4O3/c1-11-17(21-18(24)15-6-3-7-25-15)22-10-14(19-9-16(22)20-11)12-4-2-5-13(23)8-12/h2-10,23H,1H3,(H,21,24). The molecule has 1 amide bonds. The minimum atomic E-state index is -0.356. The van der Waals surface area contributed by atoms with Gasteiger partial charge in [-0.25, -0.2) is 4.98 Å². The Morgan fingerprint density at radius 2 is 2.16 bits per heavy atom. The number of hydrogen-bond acceptors (Lipinski definition) is 5. The molecule has 0 fully saturated rings. The number of carbonyl (C=O) groups excluding carboxylic acids is 1. The topological polar surface area (TPSA) is 92.7 Å². The van der Waals surface area contributed by atoms with Gasteiger partial charge in [0, 0.05) is 11.8 Å². The number of nitrogens with zero attached hydrogens (tertiary/aromatic N) is 3. The summed E-state index contributed by atoms with van der Waals surface area (Å²) >= 11 is 0. The zero-order valence-electron chi connectivity index (χ0n) is 13.3. The third-order valence-corrected chi connectivity index (χ3v) is 3.80. The van der Waals surface area contributed by atoms with E-state index in [0.29, 0.717) is 22.9 Å². The van der Waals surface area contributed by atoms with Crippen molar-refractivity contribution in [2.45, 2.75) is 6.92 Å². The van der Waals surface area contributed by atoms with Crippen molar-refractivity contribution in [2.24, 2.45) is 0 Å². The lowest BCUT2D eigenvalue weighted by Crippen LogP contribution is -2.13. The molecular weight excluding hydrogens is 320 g/mol. The molecule has 0 saturated carbocycles. The van der Waals surface area contributed by atoms with E-state index >= 15 is 0 Å². The van der Waals surface area contributed by atoms with Crippen LogP contribution in [0.3, 0.4) is 0 Å². The first-order valence-electron chi connectivity index (χ1n) is 7.61. The van der Waals surface area contributed by atoms with Crippen molar-refractivity contribution >= 4 is 17.4 Å². The molecule has 4 rings (SSSR count). The number of rotatable bonds is 3. The Morgan fingerprint density at radius 3 is 2.92 bits per heavy atom. The first-order chi connectivity index (χ1) is 12.1. The van der Waals surface area contributed by atoms with Gasteiger partial charge in [0.25, 0.3) is 5.91 Å². The van der Waals surface area contributed by atoms with Gasteiger partial charge in [-0.1, -0.05) is 12.1 Å². The smallest absolute Gasteiger partial charge is 0.292 e. The molecule has 0 aliphatic rings. The number of carbonyl (C=O) groups is 1. The molecule has 0 spiro atoms. The summed E-state index contributed by atoms with van der Waals surface area (Å²) in [7, 11) is 0. The Kier molecular flexibility index (Phi) is 3.46. The average Bonchev–Trinajstić information content (AvgIpc) is 3.23. The Labute approximate surface area is 142 Å². The molecular formula is C18H14N4O3. The van der Waals surface area contributed by atoms with E-state index in [2.05, 4.69) is 15.3 Å². The molecule has 0 aliphatic carbocycles. The number of anilines is 1. The molecule has 0 aliphatic heterocycles. The molecule has 0 unspecified atom stereocenters. The SMILES string of the molecule is Cc1nc2cnc(-c3cccc(O)c3)cn2c1NC(=O)c1ccco1. The normalized spacial score (nSPS) is 10.9. The highest BCUT2D eigenvalue weighted by Crippen LogP contribution is 2.24. The lowest BCUT2D eigenvalue weighted by Gasteiger charge is -2.07. The molecule has 7 heteroatoms. The first kappa shape index (κ1) is 14.9. The Morgan fingerprint density at radius 1 is 1.28 bits per heavy atom. The van der Waals surface area contributed by atoms with E-state index in [-0.39, 0.29) is 17.4 Å². The molecule has 0 saturated heterocycles. The summed E-state index contributed by atoms with van der Waals surface area (Å²) in [5.41, 5.74) is 2.68. The molecule has 0 radical (unpaired) electrons. The number of fused-ring (bicyclic) bond motifs is 1. The number of furan rings is 1. The lowest BCUT2D eigenvalue weighted by atomic mass is 10.1. The number of nitrogens with one attached hydrogen (secondary N) is 1. The van der Waals surface area contributed by atoms with Crippen LogP contribution in [-0.4, -0.2) is 25.4 Å². The van der Waals surface area contributed by atoms with Crippen LogP contribution in [0, 0.1) is 6.92 Å². The zero-order chi connectivity index (χ0) is 17.4. The van der Waals surface area contributed by atoms with Gasteiger partial charge in [-0.2, -0.15) is 0 Å². The summed E-state index contributed by atoms with van der Waals surface area (Å²) in [4.78, 5) is 21.1. The van der Waals surface area contributed by atoms with Crippen molar-refractivity contribution in [1.29, 1.82) is 0 Å². The van der Waals surface area contributed by atoms with Crippen molar-refractivity contribution in [3.63, 3.8) is 0 Å². The van der Waals surface area contributed by atoms with Crippen LogP contribution in [0.5, 0.6) is 5.75 Å². The van der Waals surface area contributed by atoms with E-state index < -0.39 is 0 Å². The number of benzene rings is 1. The fourth-order valence-electron chi connectivity index (χ4n) is 2.61. The van der Waals surface area contributed by atoms with E-state index in [4.69, 9.17) is 4.42 Å². The van der Waals surface area contributed by atoms with Crippen molar-refractivity contribution < 1.29 is 14.3 Å². The van der Waals surface area contributed by atoms with Crippen molar-refractivity contribution in [2.75, 3.05) is 5.32 Å². The summed E-state index contributed by atoms with van der Waals surface area (Å²) < 4.78 is 6.87. The van der Waals surface area contributed by atoms with Gasteiger partial charge in [0.1, 0.15) is 11.6 Å². The number of aromatic hydroxyl groups is 1. The number of amides is 1. The van der Waals surface area contributed by atoms with Crippen LogP contribution in [0.15, 0.2) is 59.5 Å². The Balaban J connectivity index is 1.77. The van der Waals surface area contributed by atoms with Gasteiger partial charge >= 0.3 is 0 Å². The largest absolute Gasteiger partial charge is 0.508 e. The Hall–Kier alpha value is -3.61. The summed E-state index contributed by atoms with van der Waals surface area (Å²) in [6, 6.07) is 10.1. The van der Waals surface area contributed by atoms with Crippen molar-refractivity contribution in [3.8, 4) is 17.0 Å². The van der Waals surface area contributed by atoms with Crippen LogP contribution in [0.4, 0.5) is 5.82 Å². The third-order valence-electron chi connectivity index (χ3n) is 3.80. The molecule has 124 valence electrons. The van der Waals surface area contributed by atoms with E-state index in [0.717, 1.165) is 5.56 Å². The van der Waals surface area contributed by atoms with Crippen molar-refractivity contribution in [3.05, 3.63) is 66.5 Å². The lowest BCUT2D eigenvalue weighted by molar-refractivity contribution is 0.0996. The highest BCUT2D eigenvalue weighted by atomic mass is 16.3. The number of aromatic nitrogens is 3. The molecule has 1 aromatic carbocycles. The van der Waals surface area contributed by atoms with E-state index in [1.807, 2.05) is 6.07 Å². The third kappa shape index (κ3) is 2.72. The number of imidazole rings is 1. The molecule has 3 heterocycles. The van der Waals surface area contributed by atoms with Crippen LogP contribution in [0.1, 0.15) is 16.2 Å². The maximum atomic E-state index is 12.3. The van der Waals surface area contributed by atoms with Crippen LogP contribution in [0.2, 0.25) is 0 Å². The molecule has 0 atom stereocenters. The minimum absolute atomic E-state index is 0.160. The average molecular weight is 334 g/mol. The monoisotopic (exact) mass is 334 g/mol. The van der Waals surface area contributed by atoms with Gasteiger partial charge < -0.3 is 14.8 Å². The minimum Gasteiger partial charge on any atom is -0.508 e. The van der Waals surface area contributed by atoms with E-state index in [9.17, 15) is 9.90 Å². The number of phenolic OH excluding ortho intramolecular Hbond substituents is 1. The molecule has 0 bridgehead atoms. The maximum absolute atomic E-state index is 12.3. The van der Waals surface area contributed by atoms with Crippen LogP contribution >= 0.6 is 0 Å². The highest BCUT2D eigenvalue weighted by molar-refractivity contribution is 6.02. The van der Waals surface area contributed by atoms with Crippen molar-refractivity contribution in [1.82, 2.24) is 14.4 Å². The van der Waals surface area contributed by atoms with Gasteiger partial charge in [0.15, 0.2) is 11.4 Å². The summed E-state index contributed by atoms with van der Waals surface area (Å²) in [5, 5.41) is 12.5. The molecule has 2 N–H and O–H groups in total. The second kappa shape index (κ2) is 5.79. The fraction of sp³-hybridized carbons (Fsp3) is 0.0556. The maximum Gasteiger partial charge on any atom is 0.292 e. The van der Waals surface area contributed by atoms with Crippen LogP contribution in [-0.2, 0) is 0 Å². The molecule has 3 aromatic heterocycles. The summed E-state index contributed by atoms with van der Waals surface area (Å²) in [6.07, 6.45) is 4.83.